The molecule has 0 fully saturated rings. The van der Waals surface area contributed by atoms with Crippen LogP contribution in [0.15, 0.2) is 46.9 Å². The van der Waals surface area contributed by atoms with Crippen molar-refractivity contribution >= 4 is 33.3 Å². The van der Waals surface area contributed by atoms with Crippen molar-refractivity contribution in [1.82, 2.24) is 0 Å². The first-order valence-corrected chi connectivity index (χ1v) is 6.42. The highest BCUT2D eigenvalue weighted by Gasteiger charge is 2.13. The van der Waals surface area contributed by atoms with Crippen LogP contribution in [0.5, 0.6) is 5.75 Å². The predicted molar refractivity (Wildman–Crippen MR) is 75.6 cm³/mol. The Morgan fingerprint density at radius 1 is 1.17 bits per heavy atom. The number of methoxy groups -OCH3 is 1. The largest absolute Gasteiger partial charge is 0.497 e. The summed E-state index contributed by atoms with van der Waals surface area (Å²) < 4.78 is 5.80. The van der Waals surface area contributed by atoms with E-state index in [2.05, 4.69) is 15.9 Å². The second-order valence-corrected chi connectivity index (χ2v) is 4.97. The molecule has 18 heavy (non-hydrogen) atoms. The van der Waals surface area contributed by atoms with Crippen molar-refractivity contribution < 1.29 is 9.53 Å². The fourth-order valence-electron chi connectivity index (χ4n) is 1.56. The molecule has 2 aromatic rings. The van der Waals surface area contributed by atoms with Gasteiger partial charge in [0.1, 0.15) is 5.75 Å². The highest BCUT2D eigenvalue weighted by molar-refractivity contribution is 9.10. The lowest BCUT2D eigenvalue weighted by atomic mass is 10.0. The Bertz CT molecular complexity index is 579. The molecule has 0 spiro atoms. The van der Waals surface area contributed by atoms with Crippen molar-refractivity contribution in [1.29, 1.82) is 0 Å². The van der Waals surface area contributed by atoms with Gasteiger partial charge in [0, 0.05) is 20.6 Å². The molecular weight excluding hydrogens is 316 g/mol. The Hall–Kier alpha value is -1.32. The molecule has 0 radical (unpaired) electrons. The summed E-state index contributed by atoms with van der Waals surface area (Å²) in [5.41, 5.74) is 1.20. The molecule has 0 unspecified atom stereocenters. The SMILES string of the molecule is COc1ccc(C(=O)c2ccc(Cl)cc2)c(Br)c1. The molecule has 0 aliphatic rings. The van der Waals surface area contributed by atoms with Gasteiger partial charge in [0.2, 0.25) is 0 Å². The third-order valence-electron chi connectivity index (χ3n) is 2.53. The van der Waals surface area contributed by atoms with Crippen molar-refractivity contribution in [3.8, 4) is 5.75 Å². The molecular formula is C14H10BrClO2. The molecule has 0 bridgehead atoms. The highest BCUT2D eigenvalue weighted by atomic mass is 79.9. The number of ketones is 1. The van der Waals surface area contributed by atoms with E-state index in [1.165, 1.54) is 0 Å². The first kappa shape index (κ1) is 13.1. The topological polar surface area (TPSA) is 26.3 Å². The molecule has 0 saturated carbocycles. The average Bonchev–Trinajstić information content (AvgIpc) is 2.38. The fourth-order valence-corrected chi connectivity index (χ4v) is 2.23. The third kappa shape index (κ3) is 2.74. The van der Waals surface area contributed by atoms with E-state index in [1.54, 1.807) is 49.6 Å². The summed E-state index contributed by atoms with van der Waals surface area (Å²) in [6, 6.07) is 12.1. The molecule has 92 valence electrons. The Morgan fingerprint density at radius 3 is 2.39 bits per heavy atom. The van der Waals surface area contributed by atoms with Crippen molar-refractivity contribution in [2.45, 2.75) is 0 Å². The zero-order valence-corrected chi connectivity index (χ0v) is 12.0. The van der Waals surface area contributed by atoms with Gasteiger partial charge in [-0.2, -0.15) is 0 Å². The molecule has 2 rings (SSSR count). The van der Waals surface area contributed by atoms with Crippen LogP contribution in [0.3, 0.4) is 0 Å². The maximum absolute atomic E-state index is 12.3. The van der Waals surface area contributed by atoms with Gasteiger partial charge in [0.05, 0.1) is 7.11 Å². The van der Waals surface area contributed by atoms with Crippen LogP contribution < -0.4 is 4.74 Å². The van der Waals surface area contributed by atoms with Gasteiger partial charge >= 0.3 is 0 Å². The monoisotopic (exact) mass is 324 g/mol. The van der Waals surface area contributed by atoms with E-state index >= 15 is 0 Å². The molecule has 2 aromatic carbocycles. The van der Waals surface area contributed by atoms with Crippen molar-refractivity contribution in [2.75, 3.05) is 7.11 Å². The molecule has 0 aliphatic carbocycles. The molecule has 4 heteroatoms. The third-order valence-corrected chi connectivity index (χ3v) is 3.44. The lowest BCUT2D eigenvalue weighted by Crippen LogP contribution is -2.02. The fraction of sp³-hybridized carbons (Fsp3) is 0.0714. The molecule has 0 aliphatic heterocycles. The zero-order chi connectivity index (χ0) is 13.1. The number of carbonyl (C=O) groups excluding carboxylic acids is 1. The first-order valence-electron chi connectivity index (χ1n) is 5.25. The van der Waals surface area contributed by atoms with Gasteiger partial charge in [-0.15, -0.1) is 0 Å². The summed E-state index contributed by atoms with van der Waals surface area (Å²) in [5.74, 6) is 0.649. The lowest BCUT2D eigenvalue weighted by Gasteiger charge is -2.06. The summed E-state index contributed by atoms with van der Waals surface area (Å²) in [5, 5.41) is 0.611. The number of carbonyl (C=O) groups is 1. The van der Waals surface area contributed by atoms with Crippen LogP contribution in [0.1, 0.15) is 15.9 Å². The molecule has 0 aromatic heterocycles. The Balaban J connectivity index is 2.37. The van der Waals surface area contributed by atoms with Crippen LogP contribution in [0, 0.1) is 0 Å². The number of rotatable bonds is 3. The summed E-state index contributed by atoms with van der Waals surface area (Å²) in [6.07, 6.45) is 0. The van der Waals surface area contributed by atoms with Crippen LogP contribution >= 0.6 is 27.5 Å². The van der Waals surface area contributed by atoms with Gasteiger partial charge in [-0.25, -0.2) is 0 Å². The summed E-state index contributed by atoms with van der Waals surface area (Å²) in [6.45, 7) is 0. The van der Waals surface area contributed by atoms with Gasteiger partial charge in [-0.3, -0.25) is 4.79 Å². The maximum atomic E-state index is 12.3. The van der Waals surface area contributed by atoms with Crippen molar-refractivity contribution in [3.63, 3.8) is 0 Å². The minimum atomic E-state index is -0.0544. The van der Waals surface area contributed by atoms with E-state index in [1.807, 2.05) is 0 Å². The molecule has 2 nitrogen and oxygen atoms in total. The van der Waals surface area contributed by atoms with E-state index in [4.69, 9.17) is 16.3 Å². The average molecular weight is 326 g/mol. The van der Waals surface area contributed by atoms with Crippen molar-refractivity contribution in [3.05, 3.63) is 63.1 Å². The predicted octanol–water partition coefficient (Wildman–Crippen LogP) is 4.34. The maximum Gasteiger partial charge on any atom is 0.194 e. The summed E-state index contributed by atoms with van der Waals surface area (Å²) >= 11 is 9.17. The zero-order valence-electron chi connectivity index (χ0n) is 9.61. The van der Waals surface area contributed by atoms with E-state index in [0.29, 0.717) is 26.4 Å². The quantitative estimate of drug-likeness (QED) is 0.785. The van der Waals surface area contributed by atoms with E-state index < -0.39 is 0 Å². The molecule has 0 atom stereocenters. The van der Waals surface area contributed by atoms with E-state index in [0.717, 1.165) is 0 Å². The number of hydrogen-bond donors (Lipinski definition) is 0. The second-order valence-electron chi connectivity index (χ2n) is 3.68. The van der Waals surface area contributed by atoms with Crippen LogP contribution in [-0.2, 0) is 0 Å². The molecule has 0 saturated heterocycles. The Kier molecular flexibility index (Phi) is 4.04. The molecule has 0 N–H and O–H groups in total. The van der Waals surface area contributed by atoms with E-state index in [9.17, 15) is 4.79 Å². The number of benzene rings is 2. The Labute approximate surface area is 119 Å². The van der Waals surface area contributed by atoms with Gasteiger partial charge in [0.15, 0.2) is 5.78 Å². The smallest absolute Gasteiger partial charge is 0.194 e. The summed E-state index contributed by atoms with van der Waals surface area (Å²) in [4.78, 5) is 12.3. The van der Waals surface area contributed by atoms with Crippen molar-refractivity contribution in [2.24, 2.45) is 0 Å². The number of ether oxygens (including phenoxy) is 1. The van der Waals surface area contributed by atoms with E-state index in [-0.39, 0.29) is 5.78 Å². The molecule has 0 amide bonds. The Morgan fingerprint density at radius 2 is 1.83 bits per heavy atom. The van der Waals surface area contributed by atoms with Gasteiger partial charge in [0.25, 0.3) is 0 Å². The summed E-state index contributed by atoms with van der Waals surface area (Å²) in [7, 11) is 1.59. The van der Waals surface area contributed by atoms with Gasteiger partial charge in [-0.05, 0) is 58.4 Å². The number of hydrogen-bond acceptors (Lipinski definition) is 2. The minimum Gasteiger partial charge on any atom is -0.497 e. The second kappa shape index (κ2) is 5.55. The van der Waals surface area contributed by atoms with Gasteiger partial charge in [-0.1, -0.05) is 11.6 Å². The van der Waals surface area contributed by atoms with Crippen LogP contribution in [-0.4, -0.2) is 12.9 Å². The minimum absolute atomic E-state index is 0.0544. The lowest BCUT2D eigenvalue weighted by molar-refractivity contribution is 0.103. The van der Waals surface area contributed by atoms with Gasteiger partial charge < -0.3 is 4.74 Å². The van der Waals surface area contributed by atoms with Crippen LogP contribution in [0.25, 0.3) is 0 Å². The standard InChI is InChI=1S/C14H10BrClO2/c1-18-11-6-7-12(13(15)8-11)14(17)9-2-4-10(16)5-3-9/h2-8H,1H3. The van der Waals surface area contributed by atoms with Crippen LogP contribution in [0.2, 0.25) is 5.02 Å². The first-order chi connectivity index (χ1) is 8.61. The highest BCUT2D eigenvalue weighted by Crippen LogP contribution is 2.25. The molecule has 0 heterocycles. The normalized spacial score (nSPS) is 10.2. The van der Waals surface area contributed by atoms with Crippen LogP contribution in [0.4, 0.5) is 0 Å². The number of halogens is 2.